The van der Waals surface area contributed by atoms with Crippen molar-refractivity contribution in [2.75, 3.05) is 19.6 Å². The van der Waals surface area contributed by atoms with Crippen molar-refractivity contribution in [2.24, 2.45) is 0 Å². The number of aromatic nitrogens is 2. The van der Waals surface area contributed by atoms with Gasteiger partial charge in [-0.15, -0.1) is 0 Å². The third-order valence-corrected chi connectivity index (χ3v) is 9.56. The van der Waals surface area contributed by atoms with Gasteiger partial charge >= 0.3 is 0 Å². The zero-order valence-electron chi connectivity index (χ0n) is 24.5. The molecule has 2 aliphatic heterocycles. The summed E-state index contributed by atoms with van der Waals surface area (Å²) in [6.07, 6.45) is 7.38. The lowest BCUT2D eigenvalue weighted by molar-refractivity contribution is -0.163. The van der Waals surface area contributed by atoms with E-state index in [4.69, 9.17) is 0 Å². The van der Waals surface area contributed by atoms with Crippen molar-refractivity contribution in [1.29, 1.82) is 0 Å². The topological polar surface area (TPSA) is 90.7 Å². The molecule has 10 heteroatoms. The summed E-state index contributed by atoms with van der Waals surface area (Å²) in [6.45, 7) is 8.19. The van der Waals surface area contributed by atoms with E-state index in [0.717, 1.165) is 55.1 Å². The molecule has 2 aromatic rings. The van der Waals surface area contributed by atoms with E-state index in [1.807, 2.05) is 18.7 Å². The third-order valence-electron chi connectivity index (χ3n) is 9.56. The number of rotatable bonds is 8. The Hall–Kier alpha value is -2.85. The first-order chi connectivity index (χ1) is 19.6. The summed E-state index contributed by atoms with van der Waals surface area (Å²) in [6, 6.07) is 2.78. The van der Waals surface area contributed by atoms with Gasteiger partial charge in [-0.3, -0.25) is 14.5 Å². The molecule has 2 saturated heterocycles. The minimum atomic E-state index is -0.896. The number of nitrogens with zero attached hydrogens (tertiary/aromatic N) is 4. The van der Waals surface area contributed by atoms with Crippen LogP contribution >= 0.6 is 0 Å². The number of aryl methyl sites for hydroxylation is 1. The second-order valence-electron chi connectivity index (χ2n) is 12.3. The van der Waals surface area contributed by atoms with Gasteiger partial charge in [-0.05, 0) is 58.1 Å². The first kappa shape index (κ1) is 29.6. The third kappa shape index (κ3) is 5.78. The number of halogens is 2. The average Bonchev–Trinajstić information content (AvgIpc) is 3.21. The maximum absolute atomic E-state index is 14.5. The Morgan fingerprint density at radius 2 is 1.78 bits per heavy atom. The average molecular weight is 572 g/mol. The maximum Gasteiger partial charge on any atom is 0.246 e. The van der Waals surface area contributed by atoms with E-state index in [9.17, 15) is 23.5 Å². The molecule has 1 aliphatic carbocycles. The number of likely N-dealkylation sites (tertiary alicyclic amines) is 1. The molecule has 3 fully saturated rings. The number of hydrogen-bond donors (Lipinski definition) is 2. The largest absolute Gasteiger partial charge is 0.390 e. The molecule has 3 heterocycles. The maximum atomic E-state index is 14.5. The van der Waals surface area contributed by atoms with Crippen LogP contribution in [0.25, 0.3) is 5.69 Å². The molecule has 0 bridgehead atoms. The van der Waals surface area contributed by atoms with Gasteiger partial charge in [-0.1, -0.05) is 32.6 Å². The number of hydrogen-bond acceptors (Lipinski definition) is 5. The summed E-state index contributed by atoms with van der Waals surface area (Å²) in [5.41, 5.74) is 0.939. The molecule has 41 heavy (non-hydrogen) atoms. The summed E-state index contributed by atoms with van der Waals surface area (Å²) >= 11 is 0. The summed E-state index contributed by atoms with van der Waals surface area (Å²) in [4.78, 5) is 31.7. The minimum absolute atomic E-state index is 0.0696. The van der Waals surface area contributed by atoms with E-state index >= 15 is 0 Å². The second-order valence-corrected chi connectivity index (χ2v) is 12.3. The molecule has 224 valence electrons. The normalized spacial score (nSPS) is 22.8. The van der Waals surface area contributed by atoms with Crippen LogP contribution < -0.4 is 5.32 Å². The molecule has 2 amide bonds. The van der Waals surface area contributed by atoms with Crippen LogP contribution in [0.4, 0.5) is 8.78 Å². The van der Waals surface area contributed by atoms with E-state index in [-0.39, 0.29) is 23.9 Å². The number of aliphatic hydroxyl groups is 1. The van der Waals surface area contributed by atoms with Crippen molar-refractivity contribution < 1.29 is 23.5 Å². The van der Waals surface area contributed by atoms with Gasteiger partial charge in [0.25, 0.3) is 0 Å². The summed E-state index contributed by atoms with van der Waals surface area (Å²) in [5, 5.41) is 18.7. The van der Waals surface area contributed by atoms with Gasteiger partial charge < -0.3 is 15.3 Å². The molecule has 5 rings (SSSR count). The van der Waals surface area contributed by atoms with E-state index in [0.29, 0.717) is 51.9 Å². The van der Waals surface area contributed by atoms with Crippen LogP contribution in [0.3, 0.4) is 0 Å². The van der Waals surface area contributed by atoms with Crippen LogP contribution in [0.2, 0.25) is 0 Å². The zero-order chi connectivity index (χ0) is 29.4. The molecule has 0 radical (unpaired) electrons. The molecule has 3 aliphatic rings. The minimum Gasteiger partial charge on any atom is -0.390 e. The highest BCUT2D eigenvalue weighted by atomic mass is 19.1. The number of piperazine rings is 1. The molecule has 1 aromatic carbocycles. The molecule has 1 atom stereocenters. The van der Waals surface area contributed by atoms with Crippen LogP contribution in [-0.2, 0) is 16.1 Å². The van der Waals surface area contributed by atoms with E-state index in [1.54, 1.807) is 0 Å². The van der Waals surface area contributed by atoms with Crippen LogP contribution in [0.5, 0.6) is 0 Å². The second kappa shape index (κ2) is 11.8. The van der Waals surface area contributed by atoms with Gasteiger partial charge in [0.15, 0.2) is 5.82 Å². The van der Waals surface area contributed by atoms with Gasteiger partial charge in [-0.2, -0.15) is 5.10 Å². The van der Waals surface area contributed by atoms with Gasteiger partial charge in [0, 0.05) is 49.9 Å². The van der Waals surface area contributed by atoms with E-state index < -0.39 is 28.8 Å². The highest BCUT2D eigenvalue weighted by Gasteiger charge is 2.54. The van der Waals surface area contributed by atoms with Crippen LogP contribution in [0.15, 0.2) is 18.2 Å². The first-order valence-corrected chi connectivity index (χ1v) is 15.1. The highest BCUT2D eigenvalue weighted by Crippen LogP contribution is 2.38. The molecule has 2 N–H and O–H groups in total. The van der Waals surface area contributed by atoms with Gasteiger partial charge in [0.05, 0.1) is 11.3 Å². The lowest BCUT2D eigenvalue weighted by atomic mass is 9.77. The Labute approximate surface area is 241 Å². The van der Waals surface area contributed by atoms with Crippen LogP contribution in [0.1, 0.15) is 88.1 Å². The summed E-state index contributed by atoms with van der Waals surface area (Å²) in [5.74, 6) is -1.48. The molecule has 1 spiro atoms. The fourth-order valence-electron chi connectivity index (χ4n) is 7.04. The number of piperidine rings is 1. The number of benzene rings is 1. The quantitative estimate of drug-likeness (QED) is 0.493. The molecular weight excluding hydrogens is 528 g/mol. The van der Waals surface area contributed by atoms with Crippen LogP contribution in [0, 0.1) is 25.5 Å². The number of amides is 2. The number of carbonyl (C=O) groups is 2. The number of nitrogens with one attached hydrogen (secondary N) is 1. The van der Waals surface area contributed by atoms with Crippen molar-refractivity contribution in [3.8, 4) is 5.69 Å². The van der Waals surface area contributed by atoms with E-state index in [1.165, 1.54) is 16.8 Å². The Morgan fingerprint density at radius 3 is 2.44 bits per heavy atom. The summed E-state index contributed by atoms with van der Waals surface area (Å²) in [7, 11) is 0. The lowest BCUT2D eigenvalue weighted by Gasteiger charge is -2.52. The van der Waals surface area contributed by atoms with Gasteiger partial charge in [0.2, 0.25) is 11.8 Å². The fourth-order valence-corrected chi connectivity index (χ4v) is 7.04. The van der Waals surface area contributed by atoms with Crippen LogP contribution in [-0.4, -0.2) is 73.3 Å². The standard InChI is InChI=1S/C31H43F2N5O3/c1-4-5-15-37-28(39)26(19-30(41)11-7-6-8-12-30)34-29(40)31(37)13-16-36(17-14-31)20-24-21(2)35-38(22(24)3)27-10-9-23(32)18-25(27)33/h9-10,18,26,41H,4-8,11-17,19-20H2,1-3H3,(H,34,40)/t26-/m1/s1. The first-order valence-electron chi connectivity index (χ1n) is 15.1. The Balaban J connectivity index is 1.30. The number of unbranched alkanes of at least 4 members (excludes halogenated alkanes) is 1. The van der Waals surface area contributed by atoms with Crippen molar-refractivity contribution in [3.63, 3.8) is 0 Å². The molecule has 1 saturated carbocycles. The molecule has 0 unspecified atom stereocenters. The van der Waals surface area contributed by atoms with Crippen molar-refractivity contribution in [2.45, 2.75) is 109 Å². The predicted octanol–water partition coefficient (Wildman–Crippen LogP) is 4.31. The molecule has 1 aromatic heterocycles. The fraction of sp³-hybridized carbons (Fsp3) is 0.645. The Bertz CT molecular complexity index is 1280. The zero-order valence-corrected chi connectivity index (χ0v) is 24.5. The van der Waals surface area contributed by atoms with Crippen molar-refractivity contribution >= 4 is 11.8 Å². The monoisotopic (exact) mass is 571 g/mol. The highest BCUT2D eigenvalue weighted by molar-refractivity contribution is 6.00. The SMILES string of the molecule is CCCCN1C(=O)[C@@H](CC2(O)CCCCC2)NC(=O)C12CCN(Cc1c(C)nn(-c3ccc(F)cc3F)c1C)CC2. The molecule has 8 nitrogen and oxygen atoms in total. The van der Waals surface area contributed by atoms with Crippen molar-refractivity contribution in [1.82, 2.24) is 24.9 Å². The van der Waals surface area contributed by atoms with Gasteiger partial charge in [-0.25, -0.2) is 13.5 Å². The van der Waals surface area contributed by atoms with E-state index in [2.05, 4.69) is 22.2 Å². The smallest absolute Gasteiger partial charge is 0.246 e. The van der Waals surface area contributed by atoms with Gasteiger partial charge in [0.1, 0.15) is 23.1 Å². The molecular formula is C31H43F2N5O3. The predicted molar refractivity (Wildman–Crippen MR) is 151 cm³/mol. The summed E-state index contributed by atoms with van der Waals surface area (Å²) < 4.78 is 29.5. The Morgan fingerprint density at radius 1 is 1.07 bits per heavy atom. The number of carbonyl (C=O) groups excluding carboxylic acids is 2. The lowest BCUT2D eigenvalue weighted by Crippen LogP contribution is -2.73. The van der Waals surface area contributed by atoms with Crippen molar-refractivity contribution in [3.05, 3.63) is 46.8 Å². The Kier molecular flexibility index (Phi) is 8.53.